The van der Waals surface area contributed by atoms with Crippen LogP contribution in [0.5, 0.6) is 5.75 Å². The lowest BCUT2D eigenvalue weighted by atomic mass is 9.92. The molecule has 132 valence electrons. The molecule has 0 unspecified atom stereocenters. The van der Waals surface area contributed by atoms with Gasteiger partial charge in [0.1, 0.15) is 5.75 Å². The lowest BCUT2D eigenvalue weighted by Gasteiger charge is -2.12. The number of aromatic nitrogens is 1. The largest absolute Gasteiger partial charge is 0.508 e. The van der Waals surface area contributed by atoms with E-state index < -0.39 is 0 Å². The van der Waals surface area contributed by atoms with Gasteiger partial charge in [-0.1, -0.05) is 24.3 Å². The number of hydroxylamine groups is 1. The molecule has 0 amide bonds. The quantitative estimate of drug-likeness (QED) is 0.375. The molecule has 0 aliphatic carbocycles. The lowest BCUT2D eigenvalue weighted by Crippen LogP contribution is -2.23. The first-order valence-electron chi connectivity index (χ1n) is 8.02. The van der Waals surface area contributed by atoms with Gasteiger partial charge < -0.3 is 9.67 Å². The van der Waals surface area contributed by atoms with Crippen molar-refractivity contribution in [2.45, 2.75) is 27.7 Å². The average molecular weight is 339 g/mol. The molecular formula is C20H25N3O2. The molecule has 25 heavy (non-hydrogen) atoms. The number of amidine groups is 1. The van der Waals surface area contributed by atoms with E-state index in [0.717, 1.165) is 39.1 Å². The van der Waals surface area contributed by atoms with Crippen molar-refractivity contribution in [1.82, 2.24) is 10.0 Å². The molecule has 1 aromatic heterocycles. The smallest absolute Gasteiger partial charge is 0.167 e. The molecule has 4 N–H and O–H groups in total. The highest BCUT2D eigenvalue weighted by molar-refractivity contribution is 6.05. The second-order valence-electron chi connectivity index (χ2n) is 6.45. The lowest BCUT2D eigenvalue weighted by molar-refractivity contribution is 0.233. The van der Waals surface area contributed by atoms with Gasteiger partial charge in [0.25, 0.3) is 0 Å². The number of phenolic OH excluding ortho intramolecular Hbond substituents is 1. The Hall–Kier alpha value is -2.79. The molecular weight excluding hydrogens is 314 g/mol. The van der Waals surface area contributed by atoms with Gasteiger partial charge in [0, 0.05) is 18.2 Å². The van der Waals surface area contributed by atoms with E-state index >= 15 is 0 Å². The summed E-state index contributed by atoms with van der Waals surface area (Å²) in [5, 5.41) is 27.1. The molecule has 0 saturated carbocycles. The second kappa shape index (κ2) is 6.99. The minimum atomic E-state index is -0.0781. The van der Waals surface area contributed by atoms with Crippen LogP contribution in [0.3, 0.4) is 0 Å². The Bertz CT molecular complexity index is 867. The second-order valence-corrected chi connectivity index (χ2v) is 6.45. The van der Waals surface area contributed by atoms with Crippen LogP contribution in [0.15, 0.2) is 36.4 Å². The normalized spacial score (nSPS) is 10.5. The molecule has 0 aliphatic heterocycles. The van der Waals surface area contributed by atoms with E-state index in [-0.39, 0.29) is 11.6 Å². The molecule has 2 aromatic rings. The summed E-state index contributed by atoms with van der Waals surface area (Å²) < 4.78 is 1.87. The van der Waals surface area contributed by atoms with E-state index in [1.54, 1.807) is 12.1 Å². The Morgan fingerprint density at radius 2 is 1.64 bits per heavy atom. The summed E-state index contributed by atoms with van der Waals surface area (Å²) >= 11 is 0. The summed E-state index contributed by atoms with van der Waals surface area (Å²) in [4.78, 5) is 0. The minimum Gasteiger partial charge on any atom is -0.508 e. The molecule has 0 saturated heterocycles. The van der Waals surface area contributed by atoms with Gasteiger partial charge in [-0.25, -0.2) is 0 Å². The van der Waals surface area contributed by atoms with Gasteiger partial charge in [-0.05, 0) is 56.5 Å². The Labute approximate surface area is 148 Å². The highest BCUT2D eigenvalue weighted by Gasteiger charge is 2.26. The van der Waals surface area contributed by atoms with Crippen LogP contribution in [0.1, 0.15) is 44.6 Å². The fourth-order valence-electron chi connectivity index (χ4n) is 3.05. The Balaban J connectivity index is 3.02. The zero-order valence-corrected chi connectivity index (χ0v) is 15.4. The van der Waals surface area contributed by atoms with E-state index in [4.69, 9.17) is 5.41 Å². The van der Waals surface area contributed by atoms with Crippen LogP contribution in [0.2, 0.25) is 0 Å². The number of benzene rings is 1. The zero-order chi connectivity index (χ0) is 18.9. The fourth-order valence-corrected chi connectivity index (χ4v) is 3.05. The Kier molecular flexibility index (Phi) is 5.18. The summed E-state index contributed by atoms with van der Waals surface area (Å²) in [6.45, 7) is 12.1. The Morgan fingerprint density at radius 3 is 2.08 bits per heavy atom. The van der Waals surface area contributed by atoms with Gasteiger partial charge in [-0.3, -0.25) is 16.1 Å². The topological polar surface area (TPSA) is 81.3 Å². The molecule has 1 heterocycles. The first-order valence-corrected chi connectivity index (χ1v) is 8.02. The van der Waals surface area contributed by atoms with Crippen LogP contribution in [-0.2, 0) is 7.05 Å². The molecule has 1 aromatic carbocycles. The maximum Gasteiger partial charge on any atom is 0.167 e. The third-order valence-corrected chi connectivity index (χ3v) is 4.43. The van der Waals surface area contributed by atoms with E-state index in [0.29, 0.717) is 5.69 Å². The number of aromatic hydroxyl groups is 1. The highest BCUT2D eigenvalue weighted by Crippen LogP contribution is 2.40. The molecule has 0 radical (unpaired) electrons. The average Bonchev–Trinajstić information content (AvgIpc) is 2.87. The van der Waals surface area contributed by atoms with Gasteiger partial charge in [0.05, 0.1) is 11.4 Å². The first kappa shape index (κ1) is 18.5. The summed E-state index contributed by atoms with van der Waals surface area (Å²) in [5.41, 5.74) is 9.16. The van der Waals surface area contributed by atoms with Crippen LogP contribution < -0.4 is 5.48 Å². The van der Waals surface area contributed by atoms with Gasteiger partial charge >= 0.3 is 0 Å². The number of hydrogen-bond acceptors (Lipinski definition) is 3. The molecule has 2 rings (SSSR count). The van der Waals surface area contributed by atoms with Crippen molar-refractivity contribution in [2.24, 2.45) is 7.05 Å². The van der Waals surface area contributed by atoms with E-state index in [9.17, 15) is 10.3 Å². The third-order valence-electron chi connectivity index (χ3n) is 4.43. The monoisotopic (exact) mass is 339 g/mol. The van der Waals surface area contributed by atoms with Crippen LogP contribution in [0, 0.1) is 5.41 Å². The maximum absolute atomic E-state index is 9.63. The molecule has 0 atom stereocenters. The van der Waals surface area contributed by atoms with Crippen LogP contribution in [-0.4, -0.2) is 20.7 Å². The summed E-state index contributed by atoms with van der Waals surface area (Å²) in [5.74, 6) is 0.118. The summed E-state index contributed by atoms with van der Waals surface area (Å²) in [6.07, 6.45) is 0. The van der Waals surface area contributed by atoms with Crippen molar-refractivity contribution in [1.29, 1.82) is 5.41 Å². The zero-order valence-electron chi connectivity index (χ0n) is 15.4. The van der Waals surface area contributed by atoms with Gasteiger partial charge in [0.15, 0.2) is 5.84 Å². The SMILES string of the molecule is C=C(C)c1c(-c2ccc(O)cc2)c(C(C)=C(C)C)c(C(=N)NO)n1C. The number of hydrogen-bond donors (Lipinski definition) is 4. The molecule has 5 nitrogen and oxygen atoms in total. The van der Waals surface area contributed by atoms with Crippen LogP contribution in [0.4, 0.5) is 0 Å². The number of rotatable bonds is 4. The minimum absolute atomic E-state index is 0.0781. The predicted molar refractivity (Wildman–Crippen MR) is 103 cm³/mol. The number of allylic oxidation sites excluding steroid dienone is 3. The van der Waals surface area contributed by atoms with Crippen molar-refractivity contribution in [3.05, 3.63) is 53.4 Å². The van der Waals surface area contributed by atoms with Crippen molar-refractivity contribution in [3.63, 3.8) is 0 Å². The molecule has 0 spiro atoms. The number of nitrogens with zero attached hydrogens (tertiary/aromatic N) is 1. The maximum atomic E-state index is 9.63. The predicted octanol–water partition coefficient (Wildman–Crippen LogP) is 4.55. The fraction of sp³-hybridized carbons (Fsp3) is 0.250. The molecule has 0 aliphatic rings. The van der Waals surface area contributed by atoms with Crippen LogP contribution >= 0.6 is 0 Å². The standard InChI is InChI=1S/C20H25N3O2/c1-11(2)13(5)16-17(14-7-9-15(24)10-8-14)18(12(3)4)23(6)19(16)20(21)22-25/h7-10,24-25H,3H2,1-2,4-6H3,(H2,21,22). The van der Waals surface area contributed by atoms with E-state index in [2.05, 4.69) is 6.58 Å². The van der Waals surface area contributed by atoms with Gasteiger partial charge in [0.2, 0.25) is 0 Å². The van der Waals surface area contributed by atoms with Crippen molar-refractivity contribution >= 4 is 17.0 Å². The third kappa shape index (κ3) is 3.23. The number of phenols is 1. The molecule has 5 heteroatoms. The van der Waals surface area contributed by atoms with Gasteiger partial charge in [-0.15, -0.1) is 0 Å². The summed E-state index contributed by atoms with van der Waals surface area (Å²) in [6, 6.07) is 6.97. The van der Waals surface area contributed by atoms with E-state index in [1.165, 1.54) is 0 Å². The number of nitrogens with one attached hydrogen (secondary N) is 2. The highest BCUT2D eigenvalue weighted by atomic mass is 16.5. The molecule has 0 fully saturated rings. The van der Waals surface area contributed by atoms with E-state index in [1.807, 2.05) is 56.9 Å². The Morgan fingerprint density at radius 1 is 1.08 bits per heavy atom. The first-order chi connectivity index (χ1) is 11.7. The van der Waals surface area contributed by atoms with Crippen molar-refractivity contribution in [2.75, 3.05) is 0 Å². The van der Waals surface area contributed by atoms with Crippen molar-refractivity contribution < 1.29 is 10.3 Å². The van der Waals surface area contributed by atoms with Crippen LogP contribution in [0.25, 0.3) is 22.3 Å². The molecule has 0 bridgehead atoms. The van der Waals surface area contributed by atoms with Gasteiger partial charge in [-0.2, -0.15) is 0 Å². The van der Waals surface area contributed by atoms with Crippen molar-refractivity contribution in [3.8, 4) is 16.9 Å². The summed E-state index contributed by atoms with van der Waals surface area (Å²) in [7, 11) is 1.86.